The van der Waals surface area contributed by atoms with Crippen molar-refractivity contribution in [3.05, 3.63) is 22.9 Å². The van der Waals surface area contributed by atoms with Crippen LogP contribution in [0.5, 0.6) is 0 Å². The van der Waals surface area contributed by atoms with Crippen molar-refractivity contribution in [1.29, 1.82) is 0 Å². The summed E-state index contributed by atoms with van der Waals surface area (Å²) in [5, 5.41) is 10.0. The molecule has 0 radical (unpaired) electrons. The van der Waals surface area contributed by atoms with E-state index in [1.807, 2.05) is 5.38 Å². The van der Waals surface area contributed by atoms with E-state index < -0.39 is 0 Å². The number of nitrogens with zero attached hydrogens (tertiary/aromatic N) is 3. The Labute approximate surface area is 78.6 Å². The number of nitrogens with two attached hydrogens (primary N) is 1. The van der Waals surface area contributed by atoms with E-state index in [2.05, 4.69) is 15.2 Å². The molecule has 0 spiro atoms. The summed E-state index contributed by atoms with van der Waals surface area (Å²) in [6, 6.07) is 0. The van der Waals surface area contributed by atoms with E-state index in [9.17, 15) is 0 Å². The molecule has 68 valence electrons. The normalized spacial score (nSPS) is 10.5. The summed E-state index contributed by atoms with van der Waals surface area (Å²) in [7, 11) is 0. The molecule has 0 aliphatic heterocycles. The number of rotatable bonds is 2. The Hall–Kier alpha value is -1.43. The van der Waals surface area contributed by atoms with Crippen LogP contribution in [0.4, 0.5) is 5.13 Å². The Morgan fingerprint density at radius 2 is 2.38 bits per heavy atom. The van der Waals surface area contributed by atoms with Crippen molar-refractivity contribution in [1.82, 2.24) is 15.2 Å². The summed E-state index contributed by atoms with van der Waals surface area (Å²) in [6.07, 6.45) is 0.550. The number of hydrogen-bond acceptors (Lipinski definition) is 6. The SMILES string of the molecule is Cc1nnc(Cc2csc(N)n2)o1. The molecular formula is C7H8N4OS. The molecule has 6 heteroatoms. The van der Waals surface area contributed by atoms with Crippen LogP contribution >= 0.6 is 11.3 Å². The highest BCUT2D eigenvalue weighted by Gasteiger charge is 2.06. The maximum Gasteiger partial charge on any atom is 0.222 e. The fraction of sp³-hybridized carbons (Fsp3) is 0.286. The molecule has 0 fully saturated rings. The van der Waals surface area contributed by atoms with Gasteiger partial charge in [0.25, 0.3) is 0 Å². The summed E-state index contributed by atoms with van der Waals surface area (Å²) in [4.78, 5) is 4.08. The Morgan fingerprint density at radius 3 is 2.92 bits per heavy atom. The van der Waals surface area contributed by atoms with E-state index in [4.69, 9.17) is 10.2 Å². The number of anilines is 1. The summed E-state index contributed by atoms with van der Waals surface area (Å²) >= 11 is 1.41. The van der Waals surface area contributed by atoms with E-state index in [1.165, 1.54) is 11.3 Å². The van der Waals surface area contributed by atoms with Crippen LogP contribution in [0.3, 0.4) is 0 Å². The van der Waals surface area contributed by atoms with Crippen LogP contribution < -0.4 is 5.73 Å². The predicted molar refractivity (Wildman–Crippen MR) is 48.4 cm³/mol. The van der Waals surface area contributed by atoms with Gasteiger partial charge in [0.15, 0.2) is 5.13 Å². The average molecular weight is 196 g/mol. The van der Waals surface area contributed by atoms with Crippen molar-refractivity contribution in [2.75, 3.05) is 5.73 Å². The molecule has 2 aromatic heterocycles. The van der Waals surface area contributed by atoms with Crippen LogP contribution in [-0.4, -0.2) is 15.2 Å². The minimum atomic E-state index is 0.550. The third-order valence-corrected chi connectivity index (χ3v) is 2.19. The first-order valence-corrected chi connectivity index (χ1v) is 4.61. The van der Waals surface area contributed by atoms with Crippen molar-refractivity contribution < 1.29 is 4.42 Å². The summed E-state index contributed by atoms with van der Waals surface area (Å²) < 4.78 is 5.20. The molecule has 2 aromatic rings. The third kappa shape index (κ3) is 1.83. The molecule has 0 saturated carbocycles. The first-order valence-electron chi connectivity index (χ1n) is 3.73. The molecule has 2 N–H and O–H groups in total. The van der Waals surface area contributed by atoms with Crippen LogP contribution in [0.15, 0.2) is 9.80 Å². The molecule has 0 bridgehead atoms. The zero-order valence-electron chi connectivity index (χ0n) is 7.02. The van der Waals surface area contributed by atoms with Gasteiger partial charge in [-0.25, -0.2) is 4.98 Å². The summed E-state index contributed by atoms with van der Waals surface area (Å²) in [5.74, 6) is 1.14. The second-order valence-corrected chi connectivity index (χ2v) is 3.46. The monoisotopic (exact) mass is 196 g/mol. The standard InChI is InChI=1S/C7H8N4OS/c1-4-10-11-6(12-4)2-5-3-13-7(8)9-5/h3H,2H2,1H3,(H2,8,9). The van der Waals surface area contributed by atoms with Crippen LogP contribution in [-0.2, 0) is 6.42 Å². The number of thiazole rings is 1. The molecule has 0 atom stereocenters. The van der Waals surface area contributed by atoms with Crippen molar-refractivity contribution >= 4 is 16.5 Å². The van der Waals surface area contributed by atoms with Gasteiger partial charge in [0.2, 0.25) is 11.8 Å². The maximum absolute atomic E-state index is 5.48. The summed E-state index contributed by atoms with van der Waals surface area (Å²) in [6.45, 7) is 1.76. The van der Waals surface area contributed by atoms with E-state index in [1.54, 1.807) is 6.92 Å². The topological polar surface area (TPSA) is 77.8 Å². The van der Waals surface area contributed by atoms with Crippen molar-refractivity contribution in [3.63, 3.8) is 0 Å². The number of hydrogen-bond donors (Lipinski definition) is 1. The van der Waals surface area contributed by atoms with Gasteiger partial charge in [0.05, 0.1) is 12.1 Å². The van der Waals surface area contributed by atoms with E-state index >= 15 is 0 Å². The zero-order valence-corrected chi connectivity index (χ0v) is 7.84. The van der Waals surface area contributed by atoms with Gasteiger partial charge in [-0.3, -0.25) is 0 Å². The summed E-state index contributed by atoms with van der Waals surface area (Å²) in [5.41, 5.74) is 6.35. The molecule has 13 heavy (non-hydrogen) atoms. The lowest BCUT2D eigenvalue weighted by atomic mass is 10.3. The number of aryl methyl sites for hydroxylation is 1. The minimum Gasteiger partial charge on any atom is -0.425 e. The van der Waals surface area contributed by atoms with E-state index in [-0.39, 0.29) is 0 Å². The van der Waals surface area contributed by atoms with Gasteiger partial charge in [0, 0.05) is 12.3 Å². The molecule has 0 saturated heterocycles. The molecule has 2 heterocycles. The highest BCUT2D eigenvalue weighted by molar-refractivity contribution is 7.13. The van der Waals surface area contributed by atoms with E-state index in [0.717, 1.165) is 5.69 Å². The van der Waals surface area contributed by atoms with E-state index in [0.29, 0.717) is 23.3 Å². The quantitative estimate of drug-likeness (QED) is 0.775. The number of aromatic nitrogens is 3. The maximum atomic E-state index is 5.48. The average Bonchev–Trinajstić information content (AvgIpc) is 2.62. The Morgan fingerprint density at radius 1 is 1.54 bits per heavy atom. The van der Waals surface area contributed by atoms with Gasteiger partial charge in [-0.2, -0.15) is 0 Å². The molecule has 0 aliphatic carbocycles. The lowest BCUT2D eigenvalue weighted by Gasteiger charge is -1.87. The second-order valence-electron chi connectivity index (χ2n) is 2.57. The van der Waals surface area contributed by atoms with Gasteiger partial charge < -0.3 is 10.2 Å². The molecule has 0 unspecified atom stereocenters. The molecule has 0 amide bonds. The molecule has 2 rings (SSSR count). The largest absolute Gasteiger partial charge is 0.425 e. The predicted octanol–water partition coefficient (Wildman–Crippen LogP) is 1.01. The van der Waals surface area contributed by atoms with Gasteiger partial charge in [-0.15, -0.1) is 21.5 Å². The van der Waals surface area contributed by atoms with Crippen molar-refractivity contribution in [2.24, 2.45) is 0 Å². The highest BCUT2D eigenvalue weighted by Crippen LogP contribution is 2.14. The second kappa shape index (κ2) is 3.14. The number of nitrogen functional groups attached to an aromatic ring is 1. The lowest BCUT2D eigenvalue weighted by molar-refractivity contribution is 0.476. The smallest absolute Gasteiger partial charge is 0.222 e. The molecular weight excluding hydrogens is 188 g/mol. The lowest BCUT2D eigenvalue weighted by Crippen LogP contribution is -1.90. The molecule has 0 aliphatic rings. The minimum absolute atomic E-state index is 0.550. The molecule has 0 aromatic carbocycles. The third-order valence-electron chi connectivity index (χ3n) is 1.47. The first kappa shape index (κ1) is 8.18. The Kier molecular flexibility index (Phi) is 1.97. The highest BCUT2D eigenvalue weighted by atomic mass is 32.1. The zero-order chi connectivity index (χ0) is 9.26. The van der Waals surface area contributed by atoms with Crippen LogP contribution in [0.25, 0.3) is 0 Å². The Bertz CT molecular complexity index is 370. The van der Waals surface area contributed by atoms with Gasteiger partial charge in [-0.05, 0) is 0 Å². The fourth-order valence-electron chi connectivity index (χ4n) is 0.968. The van der Waals surface area contributed by atoms with Crippen molar-refractivity contribution in [3.8, 4) is 0 Å². The fourth-order valence-corrected chi connectivity index (χ4v) is 1.53. The van der Waals surface area contributed by atoms with Gasteiger partial charge >= 0.3 is 0 Å². The van der Waals surface area contributed by atoms with Gasteiger partial charge in [0.1, 0.15) is 0 Å². The molecule has 5 nitrogen and oxygen atoms in total. The Balaban J connectivity index is 2.14. The van der Waals surface area contributed by atoms with Crippen LogP contribution in [0.2, 0.25) is 0 Å². The van der Waals surface area contributed by atoms with Crippen LogP contribution in [0.1, 0.15) is 17.5 Å². The van der Waals surface area contributed by atoms with Crippen LogP contribution in [0, 0.1) is 6.92 Å². The van der Waals surface area contributed by atoms with Crippen molar-refractivity contribution in [2.45, 2.75) is 13.3 Å². The van der Waals surface area contributed by atoms with Gasteiger partial charge in [-0.1, -0.05) is 0 Å². The first-order chi connectivity index (χ1) is 6.24.